The van der Waals surface area contributed by atoms with Gasteiger partial charge in [0.1, 0.15) is 23.0 Å². The van der Waals surface area contributed by atoms with Crippen LogP contribution in [0.1, 0.15) is 44.0 Å². The van der Waals surface area contributed by atoms with Gasteiger partial charge < -0.3 is 20.3 Å². The Labute approximate surface area is 196 Å². The molecule has 1 aromatic carbocycles. The van der Waals surface area contributed by atoms with Crippen LogP contribution >= 0.6 is 11.3 Å². The van der Waals surface area contributed by atoms with E-state index in [4.69, 9.17) is 4.74 Å². The molecule has 2 aliphatic heterocycles. The van der Waals surface area contributed by atoms with Crippen LogP contribution < -0.4 is 16.0 Å². The Balaban J connectivity index is 1.52. The fourth-order valence-corrected chi connectivity index (χ4v) is 5.22. The molecule has 3 heterocycles. The minimum atomic E-state index is -0.842. The van der Waals surface area contributed by atoms with Crippen molar-refractivity contribution in [3.05, 3.63) is 29.8 Å². The molecule has 0 bridgehead atoms. The van der Waals surface area contributed by atoms with Crippen LogP contribution in [0.15, 0.2) is 29.3 Å². The molecule has 1 spiro atoms. The number of likely N-dealkylation sites (tertiary alicyclic amines) is 1. The number of amides is 4. The minimum Gasteiger partial charge on any atom is -0.371 e. The maximum absolute atomic E-state index is 13.6. The molecule has 3 N–H and O–H groups in total. The number of amidine groups is 1. The van der Waals surface area contributed by atoms with Gasteiger partial charge in [-0.3, -0.25) is 19.9 Å². The van der Waals surface area contributed by atoms with Crippen molar-refractivity contribution in [3.8, 4) is 0 Å². The SMILES string of the molecule is CCNC(=O)Nc1sc2ccccc2c1C(=O)N1CCC2(CC1)N=C(COC(C)C)NC2=O. The second kappa shape index (κ2) is 9.48. The average Bonchev–Trinajstić information content (AvgIpc) is 3.29. The fraction of sp³-hybridized carbons (Fsp3) is 0.478. The molecule has 0 unspecified atom stereocenters. The second-order valence-corrected chi connectivity index (χ2v) is 9.54. The number of hydrogen-bond acceptors (Lipinski definition) is 6. The predicted octanol–water partition coefficient (Wildman–Crippen LogP) is 2.97. The van der Waals surface area contributed by atoms with E-state index >= 15 is 0 Å². The van der Waals surface area contributed by atoms with Crippen LogP contribution in [0.2, 0.25) is 0 Å². The number of nitrogens with zero attached hydrogens (tertiary/aromatic N) is 2. The first-order chi connectivity index (χ1) is 15.8. The molecule has 4 amide bonds. The number of piperidine rings is 1. The first-order valence-corrected chi connectivity index (χ1v) is 12.0. The van der Waals surface area contributed by atoms with E-state index in [9.17, 15) is 14.4 Å². The van der Waals surface area contributed by atoms with Crippen molar-refractivity contribution >= 4 is 50.1 Å². The molecule has 1 aromatic heterocycles. The molecule has 176 valence electrons. The van der Waals surface area contributed by atoms with Crippen molar-refractivity contribution in [2.45, 2.75) is 45.3 Å². The Hall–Kier alpha value is -2.98. The van der Waals surface area contributed by atoms with Crippen molar-refractivity contribution in [2.24, 2.45) is 4.99 Å². The zero-order valence-corrected chi connectivity index (χ0v) is 19.9. The summed E-state index contributed by atoms with van der Waals surface area (Å²) < 4.78 is 6.50. The van der Waals surface area contributed by atoms with Gasteiger partial charge in [-0.2, -0.15) is 0 Å². The monoisotopic (exact) mass is 471 g/mol. The zero-order chi connectivity index (χ0) is 23.6. The molecular formula is C23H29N5O4S. The number of thiophene rings is 1. The van der Waals surface area contributed by atoms with Crippen molar-refractivity contribution in [1.29, 1.82) is 0 Å². The van der Waals surface area contributed by atoms with E-state index in [0.29, 0.717) is 48.9 Å². The second-order valence-electron chi connectivity index (χ2n) is 8.48. The number of benzene rings is 1. The van der Waals surface area contributed by atoms with Crippen LogP contribution in [0.5, 0.6) is 0 Å². The number of aliphatic imine (C=N–C) groups is 1. The highest BCUT2D eigenvalue weighted by Crippen LogP contribution is 2.38. The third kappa shape index (κ3) is 4.72. The van der Waals surface area contributed by atoms with Gasteiger partial charge in [0.15, 0.2) is 0 Å². The number of carbonyl (C=O) groups is 3. The first kappa shape index (κ1) is 23.2. The predicted molar refractivity (Wildman–Crippen MR) is 129 cm³/mol. The zero-order valence-electron chi connectivity index (χ0n) is 19.1. The summed E-state index contributed by atoms with van der Waals surface area (Å²) in [7, 11) is 0. The van der Waals surface area contributed by atoms with Gasteiger partial charge >= 0.3 is 6.03 Å². The number of rotatable bonds is 6. The smallest absolute Gasteiger partial charge is 0.319 e. The quantitative estimate of drug-likeness (QED) is 0.601. The summed E-state index contributed by atoms with van der Waals surface area (Å²) in [6.07, 6.45) is 0.927. The highest BCUT2D eigenvalue weighted by atomic mass is 32.1. The van der Waals surface area contributed by atoms with E-state index in [0.717, 1.165) is 10.1 Å². The highest BCUT2D eigenvalue weighted by molar-refractivity contribution is 7.23. The standard InChI is InChI=1S/C23H29N5O4S/c1-4-24-22(31)26-19-18(15-7-5-6-8-16(15)33-19)20(29)28-11-9-23(10-12-28)21(30)25-17(27-23)13-32-14(2)3/h5-8,14H,4,9-13H2,1-3H3,(H2,24,26,31)(H,25,27,30). The molecule has 4 rings (SSSR count). The van der Waals surface area contributed by atoms with Crippen molar-refractivity contribution in [1.82, 2.24) is 15.5 Å². The van der Waals surface area contributed by atoms with E-state index in [1.807, 2.05) is 45.0 Å². The number of carbonyl (C=O) groups excluding carboxylic acids is 3. The Morgan fingerprint density at radius 2 is 2.00 bits per heavy atom. The number of anilines is 1. The lowest BCUT2D eigenvalue weighted by atomic mass is 9.87. The Kier molecular flexibility index (Phi) is 6.66. The van der Waals surface area contributed by atoms with Gasteiger partial charge in [0, 0.05) is 29.7 Å². The first-order valence-electron chi connectivity index (χ1n) is 11.2. The molecular weight excluding hydrogens is 442 g/mol. The van der Waals surface area contributed by atoms with Crippen LogP contribution in [-0.4, -0.2) is 66.5 Å². The van der Waals surface area contributed by atoms with E-state index in [-0.39, 0.29) is 30.6 Å². The van der Waals surface area contributed by atoms with E-state index in [2.05, 4.69) is 20.9 Å². The van der Waals surface area contributed by atoms with E-state index in [1.54, 1.807) is 4.90 Å². The Morgan fingerprint density at radius 3 is 2.70 bits per heavy atom. The molecule has 10 heteroatoms. The largest absolute Gasteiger partial charge is 0.371 e. The average molecular weight is 472 g/mol. The van der Waals surface area contributed by atoms with Gasteiger partial charge in [0.05, 0.1) is 11.7 Å². The highest BCUT2D eigenvalue weighted by Gasteiger charge is 2.46. The van der Waals surface area contributed by atoms with Gasteiger partial charge in [-0.15, -0.1) is 11.3 Å². The van der Waals surface area contributed by atoms with E-state index in [1.165, 1.54) is 11.3 Å². The topological polar surface area (TPSA) is 112 Å². The lowest BCUT2D eigenvalue weighted by Gasteiger charge is -2.35. The number of urea groups is 1. The van der Waals surface area contributed by atoms with Crippen LogP contribution in [0.4, 0.5) is 9.80 Å². The van der Waals surface area contributed by atoms with Crippen LogP contribution in [0.25, 0.3) is 10.1 Å². The molecule has 2 aliphatic rings. The third-order valence-electron chi connectivity index (χ3n) is 5.83. The summed E-state index contributed by atoms with van der Waals surface area (Å²) in [5.41, 5.74) is -0.353. The number of hydrogen-bond donors (Lipinski definition) is 3. The Bertz CT molecular complexity index is 1100. The minimum absolute atomic E-state index is 0.0447. The third-order valence-corrected chi connectivity index (χ3v) is 6.92. The fourth-order valence-electron chi connectivity index (χ4n) is 4.13. The maximum atomic E-state index is 13.6. The molecule has 1 saturated heterocycles. The summed E-state index contributed by atoms with van der Waals surface area (Å²) in [5, 5.41) is 9.70. The maximum Gasteiger partial charge on any atom is 0.319 e. The van der Waals surface area contributed by atoms with Gasteiger partial charge in [-0.25, -0.2) is 4.79 Å². The molecule has 33 heavy (non-hydrogen) atoms. The van der Waals surface area contributed by atoms with Crippen LogP contribution in [-0.2, 0) is 9.53 Å². The van der Waals surface area contributed by atoms with E-state index < -0.39 is 5.54 Å². The molecule has 0 radical (unpaired) electrons. The molecule has 0 atom stereocenters. The summed E-state index contributed by atoms with van der Waals surface area (Å²) in [5.74, 6) is 0.266. The lowest BCUT2D eigenvalue weighted by Crippen LogP contribution is -2.50. The van der Waals surface area contributed by atoms with Crippen LogP contribution in [0, 0.1) is 0 Å². The number of ether oxygens (including phenoxy) is 1. The molecule has 1 fully saturated rings. The molecule has 0 aliphatic carbocycles. The summed E-state index contributed by atoms with van der Waals surface area (Å²) >= 11 is 1.38. The molecule has 2 aromatic rings. The number of nitrogens with one attached hydrogen (secondary N) is 3. The summed E-state index contributed by atoms with van der Waals surface area (Å²) in [6, 6.07) is 7.27. The van der Waals surface area contributed by atoms with Crippen molar-refractivity contribution < 1.29 is 19.1 Å². The van der Waals surface area contributed by atoms with Gasteiger partial charge in [0.2, 0.25) is 0 Å². The van der Waals surface area contributed by atoms with Crippen LogP contribution in [0.3, 0.4) is 0 Å². The molecule has 0 saturated carbocycles. The summed E-state index contributed by atoms with van der Waals surface area (Å²) in [6.45, 7) is 7.26. The van der Waals surface area contributed by atoms with Gasteiger partial charge in [-0.05, 0) is 39.7 Å². The number of fused-ring (bicyclic) bond motifs is 1. The Morgan fingerprint density at radius 1 is 1.27 bits per heavy atom. The van der Waals surface area contributed by atoms with Crippen molar-refractivity contribution in [3.63, 3.8) is 0 Å². The van der Waals surface area contributed by atoms with Crippen molar-refractivity contribution in [2.75, 3.05) is 31.6 Å². The molecule has 9 nitrogen and oxygen atoms in total. The lowest BCUT2D eigenvalue weighted by molar-refractivity contribution is -0.125. The van der Waals surface area contributed by atoms with Gasteiger partial charge in [0.25, 0.3) is 11.8 Å². The van der Waals surface area contributed by atoms with Gasteiger partial charge in [-0.1, -0.05) is 18.2 Å². The normalized spacial score (nSPS) is 17.4. The summed E-state index contributed by atoms with van der Waals surface area (Å²) in [4.78, 5) is 44.8.